The van der Waals surface area contributed by atoms with Gasteiger partial charge in [0.25, 0.3) is 0 Å². The van der Waals surface area contributed by atoms with E-state index < -0.39 is 0 Å². The van der Waals surface area contributed by atoms with Gasteiger partial charge in [0.1, 0.15) is 0 Å². The van der Waals surface area contributed by atoms with Gasteiger partial charge in [-0.05, 0) is 47.2 Å². The zero-order valence-electron chi connectivity index (χ0n) is 8.87. The van der Waals surface area contributed by atoms with Crippen molar-refractivity contribution in [3.8, 4) is 0 Å². The molecule has 1 aromatic rings. The zero-order valence-corrected chi connectivity index (χ0v) is 11.0. The van der Waals surface area contributed by atoms with Crippen LogP contribution in [0.2, 0.25) is 0 Å². The topological polar surface area (TPSA) is 58.4 Å². The van der Waals surface area contributed by atoms with Gasteiger partial charge in [-0.3, -0.25) is 4.79 Å². The van der Waals surface area contributed by atoms with E-state index in [1.807, 2.05) is 23.1 Å². The van der Waals surface area contributed by atoms with Crippen LogP contribution in [0, 0.1) is 3.57 Å². The van der Waals surface area contributed by atoms with Crippen LogP contribution in [0.25, 0.3) is 0 Å². The summed E-state index contributed by atoms with van der Waals surface area (Å²) in [4.78, 5) is 13.5. The van der Waals surface area contributed by atoms with E-state index in [1.54, 1.807) is 0 Å². The van der Waals surface area contributed by atoms with Crippen molar-refractivity contribution in [3.63, 3.8) is 0 Å². The Hall–Kier alpha value is -0.980. The van der Waals surface area contributed by atoms with Crippen LogP contribution < -0.4 is 16.0 Å². The molecule has 0 saturated carbocycles. The Bertz CT molecular complexity index is 408. The number of carbonyl (C=O) groups excluding carboxylic acids is 1. The summed E-state index contributed by atoms with van der Waals surface area (Å²) in [5, 5.41) is 2.85. The van der Waals surface area contributed by atoms with Crippen molar-refractivity contribution in [1.82, 2.24) is 5.32 Å². The minimum Gasteiger partial charge on any atom is -0.397 e. The summed E-state index contributed by atoms with van der Waals surface area (Å²) in [6.07, 6.45) is 0.956. The molecule has 86 valence electrons. The zero-order chi connectivity index (χ0) is 11.5. The standard InChI is InChI=1S/C11H14IN3O/c12-8-2-3-10(9(13)6-8)15-5-1-4-14-11(16)7-15/h2-3,6H,1,4-5,7,13H2,(H,14,16). The highest BCUT2D eigenvalue weighted by Gasteiger charge is 2.16. The summed E-state index contributed by atoms with van der Waals surface area (Å²) < 4.78 is 1.11. The van der Waals surface area contributed by atoms with E-state index in [9.17, 15) is 4.79 Å². The molecule has 0 aliphatic carbocycles. The largest absolute Gasteiger partial charge is 0.397 e. The van der Waals surface area contributed by atoms with E-state index in [-0.39, 0.29) is 5.91 Å². The highest BCUT2D eigenvalue weighted by Crippen LogP contribution is 2.25. The van der Waals surface area contributed by atoms with Gasteiger partial charge >= 0.3 is 0 Å². The van der Waals surface area contributed by atoms with Crippen LogP contribution in [0.15, 0.2) is 18.2 Å². The first-order chi connectivity index (χ1) is 7.66. The lowest BCUT2D eigenvalue weighted by Crippen LogP contribution is -2.33. The van der Waals surface area contributed by atoms with E-state index in [1.165, 1.54) is 0 Å². The van der Waals surface area contributed by atoms with Crippen molar-refractivity contribution in [2.24, 2.45) is 0 Å². The van der Waals surface area contributed by atoms with Crippen LogP contribution in [-0.2, 0) is 4.79 Å². The maximum atomic E-state index is 11.4. The van der Waals surface area contributed by atoms with Crippen LogP contribution in [0.5, 0.6) is 0 Å². The molecule has 0 spiro atoms. The van der Waals surface area contributed by atoms with Gasteiger partial charge in [0.15, 0.2) is 0 Å². The third-order valence-electron chi connectivity index (χ3n) is 2.59. The molecular formula is C11H14IN3O. The summed E-state index contributed by atoms with van der Waals surface area (Å²) in [6, 6.07) is 5.92. The number of nitrogens with one attached hydrogen (secondary N) is 1. The minimum atomic E-state index is 0.0652. The average Bonchev–Trinajstić information content (AvgIpc) is 2.43. The highest BCUT2D eigenvalue weighted by atomic mass is 127. The molecule has 5 heteroatoms. The summed E-state index contributed by atoms with van der Waals surface area (Å²) in [7, 11) is 0. The fourth-order valence-electron chi connectivity index (χ4n) is 1.83. The third kappa shape index (κ3) is 2.58. The van der Waals surface area contributed by atoms with Gasteiger partial charge in [-0.1, -0.05) is 0 Å². The molecule has 0 unspecified atom stereocenters. The number of nitrogens with zero attached hydrogens (tertiary/aromatic N) is 1. The van der Waals surface area contributed by atoms with Gasteiger partial charge in [-0.25, -0.2) is 0 Å². The van der Waals surface area contributed by atoms with Gasteiger partial charge in [0, 0.05) is 16.7 Å². The summed E-state index contributed by atoms with van der Waals surface area (Å²) in [6.45, 7) is 2.01. The smallest absolute Gasteiger partial charge is 0.239 e. The SMILES string of the molecule is Nc1cc(I)ccc1N1CCCNC(=O)C1. The maximum absolute atomic E-state index is 11.4. The molecule has 1 fully saturated rings. The van der Waals surface area contributed by atoms with Crippen LogP contribution in [0.1, 0.15) is 6.42 Å². The van der Waals surface area contributed by atoms with E-state index in [0.717, 1.165) is 34.5 Å². The average molecular weight is 331 g/mol. The minimum absolute atomic E-state index is 0.0652. The van der Waals surface area contributed by atoms with Gasteiger partial charge < -0.3 is 16.0 Å². The number of halogens is 1. The van der Waals surface area contributed by atoms with Crippen LogP contribution >= 0.6 is 22.6 Å². The Morgan fingerprint density at radius 1 is 1.44 bits per heavy atom. The van der Waals surface area contributed by atoms with Crippen molar-refractivity contribution in [1.29, 1.82) is 0 Å². The van der Waals surface area contributed by atoms with Gasteiger partial charge in [-0.15, -0.1) is 0 Å². The van der Waals surface area contributed by atoms with E-state index in [4.69, 9.17) is 5.73 Å². The van der Waals surface area contributed by atoms with Crippen molar-refractivity contribution < 1.29 is 4.79 Å². The molecule has 16 heavy (non-hydrogen) atoms. The molecule has 1 amide bonds. The quantitative estimate of drug-likeness (QED) is 0.601. The number of nitrogens with two attached hydrogens (primary N) is 1. The third-order valence-corrected chi connectivity index (χ3v) is 3.26. The van der Waals surface area contributed by atoms with Crippen LogP contribution in [0.3, 0.4) is 0 Å². The molecule has 3 N–H and O–H groups in total. The molecule has 1 aliphatic rings. The molecule has 1 aromatic carbocycles. The number of hydrogen-bond acceptors (Lipinski definition) is 3. The molecule has 1 saturated heterocycles. The predicted molar refractivity (Wildman–Crippen MR) is 73.4 cm³/mol. The second-order valence-corrected chi connectivity index (χ2v) is 5.07. The number of rotatable bonds is 1. The lowest BCUT2D eigenvalue weighted by Gasteiger charge is -2.23. The molecule has 0 radical (unpaired) electrons. The molecule has 2 rings (SSSR count). The van der Waals surface area contributed by atoms with Gasteiger partial charge in [0.05, 0.1) is 17.9 Å². The number of anilines is 2. The van der Waals surface area contributed by atoms with Crippen molar-refractivity contribution in [3.05, 3.63) is 21.8 Å². The normalized spacial score (nSPS) is 16.8. The molecular weight excluding hydrogens is 317 g/mol. The predicted octanol–water partition coefficient (Wildman–Crippen LogP) is 1.20. The Morgan fingerprint density at radius 2 is 2.25 bits per heavy atom. The Labute approximate surface area is 108 Å². The number of nitrogen functional groups attached to an aromatic ring is 1. The molecule has 0 aromatic heterocycles. The number of amides is 1. The van der Waals surface area contributed by atoms with E-state index in [2.05, 4.69) is 27.9 Å². The second kappa shape index (κ2) is 4.90. The van der Waals surface area contributed by atoms with Gasteiger partial charge in [0.2, 0.25) is 5.91 Å². The fraction of sp³-hybridized carbons (Fsp3) is 0.364. The van der Waals surface area contributed by atoms with Crippen molar-refractivity contribution in [2.45, 2.75) is 6.42 Å². The first-order valence-electron chi connectivity index (χ1n) is 5.23. The fourth-order valence-corrected chi connectivity index (χ4v) is 2.34. The summed E-state index contributed by atoms with van der Waals surface area (Å²) in [5.41, 5.74) is 7.66. The molecule has 0 atom stereocenters. The Kier molecular flexibility index (Phi) is 3.52. The number of carbonyl (C=O) groups is 1. The maximum Gasteiger partial charge on any atom is 0.239 e. The molecule has 4 nitrogen and oxygen atoms in total. The molecule has 1 aliphatic heterocycles. The highest BCUT2D eigenvalue weighted by molar-refractivity contribution is 14.1. The first-order valence-corrected chi connectivity index (χ1v) is 6.31. The Balaban J connectivity index is 2.24. The van der Waals surface area contributed by atoms with Crippen LogP contribution in [-0.4, -0.2) is 25.5 Å². The van der Waals surface area contributed by atoms with Crippen molar-refractivity contribution in [2.75, 3.05) is 30.3 Å². The van der Waals surface area contributed by atoms with E-state index in [0.29, 0.717) is 6.54 Å². The molecule has 0 bridgehead atoms. The van der Waals surface area contributed by atoms with Crippen molar-refractivity contribution >= 4 is 39.9 Å². The molecule has 1 heterocycles. The first kappa shape index (κ1) is 11.5. The monoisotopic (exact) mass is 331 g/mol. The summed E-state index contributed by atoms with van der Waals surface area (Å²) >= 11 is 2.23. The second-order valence-electron chi connectivity index (χ2n) is 3.83. The number of hydrogen-bond donors (Lipinski definition) is 2. The van der Waals surface area contributed by atoms with Crippen LogP contribution in [0.4, 0.5) is 11.4 Å². The summed E-state index contributed by atoms with van der Waals surface area (Å²) in [5.74, 6) is 0.0652. The Morgan fingerprint density at radius 3 is 3.00 bits per heavy atom. The lowest BCUT2D eigenvalue weighted by molar-refractivity contribution is -0.119. The van der Waals surface area contributed by atoms with Gasteiger partial charge in [-0.2, -0.15) is 0 Å². The lowest BCUT2D eigenvalue weighted by atomic mass is 10.2. The number of benzene rings is 1. The van der Waals surface area contributed by atoms with E-state index >= 15 is 0 Å².